The topological polar surface area (TPSA) is 112 Å². The third-order valence-electron chi connectivity index (χ3n) is 5.36. The zero-order valence-corrected chi connectivity index (χ0v) is 22.7. The van der Waals surface area contributed by atoms with Crippen LogP contribution in [0.3, 0.4) is 0 Å². The number of ether oxygens (including phenoxy) is 1. The molecule has 0 aliphatic carbocycles. The second-order valence-electron chi connectivity index (χ2n) is 10.5. The molecule has 0 bridgehead atoms. The van der Waals surface area contributed by atoms with Crippen molar-refractivity contribution < 1.29 is 19.1 Å². The minimum Gasteiger partial charge on any atom is -0.444 e. The average molecular weight is 487 g/mol. The van der Waals surface area contributed by atoms with Gasteiger partial charge in [-0.2, -0.15) is 5.26 Å². The van der Waals surface area contributed by atoms with Gasteiger partial charge in [0, 0.05) is 6.04 Å². The third-order valence-corrected chi connectivity index (χ3v) is 5.36. The first-order chi connectivity index (χ1) is 16.2. The van der Waals surface area contributed by atoms with Crippen LogP contribution in [0.1, 0.15) is 84.0 Å². The number of nitrogens with zero attached hydrogens (tertiary/aromatic N) is 2. The number of carbonyl (C=O) groups is 3. The molecule has 35 heavy (non-hydrogen) atoms. The Hall–Kier alpha value is -3.08. The molecule has 0 radical (unpaired) electrons. The van der Waals surface area contributed by atoms with Gasteiger partial charge < -0.3 is 20.3 Å². The van der Waals surface area contributed by atoms with Crippen LogP contribution < -0.4 is 10.6 Å². The van der Waals surface area contributed by atoms with E-state index in [0.29, 0.717) is 5.56 Å². The first kappa shape index (κ1) is 30.0. The fourth-order valence-corrected chi connectivity index (χ4v) is 3.97. The summed E-state index contributed by atoms with van der Waals surface area (Å²) in [4.78, 5) is 41.1. The van der Waals surface area contributed by atoms with Crippen LogP contribution in [0, 0.1) is 31.1 Å². The third kappa shape index (κ3) is 9.59. The highest BCUT2D eigenvalue weighted by molar-refractivity contribution is 5.92. The molecule has 8 nitrogen and oxygen atoms in total. The van der Waals surface area contributed by atoms with E-state index in [1.807, 2.05) is 52.0 Å². The van der Waals surface area contributed by atoms with Gasteiger partial charge in [-0.3, -0.25) is 9.59 Å². The van der Waals surface area contributed by atoms with Gasteiger partial charge >= 0.3 is 6.09 Å². The van der Waals surface area contributed by atoms with Crippen molar-refractivity contribution in [3.05, 3.63) is 34.9 Å². The molecule has 0 aliphatic rings. The molecule has 0 heterocycles. The van der Waals surface area contributed by atoms with E-state index in [2.05, 4.69) is 10.6 Å². The van der Waals surface area contributed by atoms with E-state index in [1.54, 1.807) is 34.6 Å². The molecule has 1 aromatic rings. The molecule has 0 aliphatic heterocycles. The van der Waals surface area contributed by atoms with Gasteiger partial charge in [-0.05, 0) is 59.4 Å². The van der Waals surface area contributed by atoms with Crippen molar-refractivity contribution in [2.24, 2.45) is 5.92 Å². The van der Waals surface area contributed by atoms with E-state index in [9.17, 15) is 19.6 Å². The van der Waals surface area contributed by atoms with Crippen molar-refractivity contribution in [2.45, 2.75) is 98.9 Å². The van der Waals surface area contributed by atoms with E-state index in [-0.39, 0.29) is 24.4 Å². The molecule has 2 N–H and O–H groups in total. The second-order valence-corrected chi connectivity index (χ2v) is 10.5. The normalized spacial score (nSPS) is 13.9. The number of nitrogens with one attached hydrogen (secondary N) is 2. The maximum atomic E-state index is 13.8. The summed E-state index contributed by atoms with van der Waals surface area (Å²) < 4.78 is 5.35. The quantitative estimate of drug-likeness (QED) is 0.471. The zero-order valence-electron chi connectivity index (χ0n) is 22.7. The molecule has 1 aromatic carbocycles. The maximum absolute atomic E-state index is 13.8. The van der Waals surface area contributed by atoms with E-state index in [0.717, 1.165) is 24.0 Å². The molecular weight excluding hydrogens is 444 g/mol. The Morgan fingerprint density at radius 2 is 1.63 bits per heavy atom. The standard InChI is InChI=1S/C27H42N4O4/c1-10-11-20(6)29-24(32)23(21-15-18(4)14-19(5)16-21)31(13-12-28)25(33)22(17(2)3)30-26(34)35-27(7,8)9/h14-17,20,22-23H,10-11,13H2,1-9H3,(H,29,32)(H,30,34). The second kappa shape index (κ2) is 13.1. The van der Waals surface area contributed by atoms with Crippen molar-refractivity contribution in [2.75, 3.05) is 6.54 Å². The molecule has 3 atom stereocenters. The van der Waals surface area contributed by atoms with Crippen LogP contribution in [0.2, 0.25) is 0 Å². The first-order valence-corrected chi connectivity index (χ1v) is 12.3. The summed E-state index contributed by atoms with van der Waals surface area (Å²) in [5, 5.41) is 15.3. The van der Waals surface area contributed by atoms with E-state index in [4.69, 9.17) is 4.74 Å². The Morgan fingerprint density at radius 1 is 1.06 bits per heavy atom. The van der Waals surface area contributed by atoms with Crippen LogP contribution in [0.15, 0.2) is 18.2 Å². The van der Waals surface area contributed by atoms with Gasteiger partial charge in [-0.1, -0.05) is 56.5 Å². The molecule has 0 spiro atoms. The average Bonchev–Trinajstić information content (AvgIpc) is 2.69. The predicted molar refractivity (Wildman–Crippen MR) is 136 cm³/mol. The smallest absolute Gasteiger partial charge is 0.408 e. The summed E-state index contributed by atoms with van der Waals surface area (Å²) >= 11 is 0. The lowest BCUT2D eigenvalue weighted by atomic mass is 9.96. The van der Waals surface area contributed by atoms with Crippen molar-refractivity contribution >= 4 is 17.9 Å². The van der Waals surface area contributed by atoms with Crippen LogP contribution in [0.4, 0.5) is 4.79 Å². The fourth-order valence-electron chi connectivity index (χ4n) is 3.97. The molecular formula is C27H42N4O4. The molecule has 0 saturated heterocycles. The molecule has 194 valence electrons. The highest BCUT2D eigenvalue weighted by Crippen LogP contribution is 2.26. The fraction of sp³-hybridized carbons (Fsp3) is 0.630. The summed E-state index contributed by atoms with van der Waals surface area (Å²) in [5.41, 5.74) is 1.76. The van der Waals surface area contributed by atoms with Crippen molar-refractivity contribution in [3.63, 3.8) is 0 Å². The van der Waals surface area contributed by atoms with Crippen LogP contribution >= 0.6 is 0 Å². The van der Waals surface area contributed by atoms with E-state index < -0.39 is 29.7 Å². The van der Waals surface area contributed by atoms with Gasteiger partial charge in [0.15, 0.2) is 0 Å². The summed E-state index contributed by atoms with van der Waals surface area (Å²) in [5.74, 6) is -1.19. The Kier molecular flexibility index (Phi) is 11.2. The Balaban J connectivity index is 3.49. The summed E-state index contributed by atoms with van der Waals surface area (Å²) in [6, 6.07) is 5.61. The maximum Gasteiger partial charge on any atom is 0.408 e. The molecule has 8 heteroatoms. The molecule has 3 amide bonds. The molecule has 0 aromatic heterocycles. The first-order valence-electron chi connectivity index (χ1n) is 12.3. The van der Waals surface area contributed by atoms with Crippen LogP contribution in [-0.2, 0) is 14.3 Å². The Labute approximate surface area is 210 Å². The summed E-state index contributed by atoms with van der Waals surface area (Å²) in [6.07, 6.45) is 0.948. The molecule has 3 unspecified atom stereocenters. The Morgan fingerprint density at radius 3 is 2.09 bits per heavy atom. The number of nitriles is 1. The predicted octanol–water partition coefficient (Wildman–Crippen LogP) is 4.55. The number of alkyl carbamates (subject to hydrolysis) is 1. The number of carbonyl (C=O) groups excluding carboxylic acids is 3. The number of hydrogen-bond acceptors (Lipinski definition) is 5. The van der Waals surface area contributed by atoms with Gasteiger partial charge in [-0.15, -0.1) is 0 Å². The van der Waals surface area contributed by atoms with Gasteiger partial charge in [0.2, 0.25) is 11.8 Å². The van der Waals surface area contributed by atoms with Crippen LogP contribution in [0.25, 0.3) is 0 Å². The summed E-state index contributed by atoms with van der Waals surface area (Å²) in [6.45, 7) is 16.3. The minimum absolute atomic E-state index is 0.0965. The number of hydrogen-bond donors (Lipinski definition) is 2. The SMILES string of the molecule is CCCC(C)NC(=O)C(c1cc(C)cc(C)c1)N(CC#N)C(=O)C(NC(=O)OC(C)(C)C)C(C)C. The largest absolute Gasteiger partial charge is 0.444 e. The highest BCUT2D eigenvalue weighted by atomic mass is 16.6. The zero-order chi connectivity index (χ0) is 26.9. The number of amides is 3. The number of aryl methyl sites for hydroxylation is 2. The van der Waals surface area contributed by atoms with Gasteiger partial charge in [0.25, 0.3) is 0 Å². The van der Waals surface area contributed by atoms with Crippen LogP contribution in [-0.4, -0.2) is 47.0 Å². The van der Waals surface area contributed by atoms with Crippen molar-refractivity contribution in [1.82, 2.24) is 15.5 Å². The number of benzene rings is 1. The molecule has 1 rings (SSSR count). The Bertz CT molecular complexity index is 910. The lowest BCUT2D eigenvalue weighted by Crippen LogP contribution is -2.55. The van der Waals surface area contributed by atoms with Crippen molar-refractivity contribution in [1.29, 1.82) is 5.26 Å². The monoisotopic (exact) mass is 486 g/mol. The van der Waals surface area contributed by atoms with Gasteiger partial charge in [0.05, 0.1) is 6.07 Å². The lowest BCUT2D eigenvalue weighted by molar-refractivity contribution is -0.142. The van der Waals surface area contributed by atoms with Crippen LogP contribution in [0.5, 0.6) is 0 Å². The lowest BCUT2D eigenvalue weighted by Gasteiger charge is -2.34. The van der Waals surface area contributed by atoms with Gasteiger partial charge in [0.1, 0.15) is 24.2 Å². The number of rotatable bonds is 10. The van der Waals surface area contributed by atoms with E-state index in [1.165, 1.54) is 4.90 Å². The highest BCUT2D eigenvalue weighted by Gasteiger charge is 2.38. The van der Waals surface area contributed by atoms with Crippen molar-refractivity contribution in [3.8, 4) is 6.07 Å². The minimum atomic E-state index is -1.03. The summed E-state index contributed by atoms with van der Waals surface area (Å²) in [7, 11) is 0. The van der Waals surface area contributed by atoms with Gasteiger partial charge in [-0.25, -0.2) is 4.79 Å². The molecule has 0 saturated carbocycles. The van der Waals surface area contributed by atoms with E-state index >= 15 is 0 Å². The molecule has 0 fully saturated rings.